The van der Waals surface area contributed by atoms with Crippen molar-refractivity contribution in [1.29, 1.82) is 0 Å². The number of pyridine rings is 1. The van der Waals surface area contributed by atoms with Crippen LogP contribution in [0.3, 0.4) is 0 Å². The topological polar surface area (TPSA) is 51.3 Å². The number of halogens is 2. The molecule has 3 nitrogen and oxygen atoms in total. The first-order chi connectivity index (χ1) is 7.70. The number of fused-ring (bicyclic) bond motifs is 1. The van der Waals surface area contributed by atoms with Crippen molar-refractivity contribution in [2.75, 3.05) is 5.88 Å². The fourth-order valence-corrected chi connectivity index (χ4v) is 1.62. The highest BCUT2D eigenvalue weighted by Crippen LogP contribution is 2.25. The maximum Gasteiger partial charge on any atom is 0.115 e. The van der Waals surface area contributed by atoms with Crippen LogP contribution in [0.15, 0.2) is 35.5 Å². The minimum atomic E-state index is 0.198. The Hall–Kier alpha value is -1.32. The van der Waals surface area contributed by atoms with Gasteiger partial charge >= 0.3 is 0 Å². The average Bonchev–Trinajstić information content (AvgIpc) is 2.28. The molecule has 1 aromatic heterocycles. The minimum Gasteiger partial charge on any atom is -0.386 e. The standard InChI is InChI=1S/C11H9Cl2N3/c12-5-10(14)16-9-3-1-2-7-4-8(13)6-15-11(7)9/h1-4,6H,5H2,(H2,14,16). The number of nitrogens with zero attached hydrogens (tertiary/aromatic N) is 2. The molecule has 0 aliphatic carbocycles. The van der Waals surface area contributed by atoms with Gasteiger partial charge in [0.25, 0.3) is 0 Å². The van der Waals surface area contributed by atoms with Crippen LogP contribution >= 0.6 is 23.2 Å². The van der Waals surface area contributed by atoms with Gasteiger partial charge in [0.05, 0.1) is 22.1 Å². The van der Waals surface area contributed by atoms with Crippen molar-refractivity contribution < 1.29 is 0 Å². The fraction of sp³-hybridized carbons (Fsp3) is 0.0909. The van der Waals surface area contributed by atoms with E-state index in [1.165, 1.54) is 0 Å². The largest absolute Gasteiger partial charge is 0.386 e. The molecule has 0 saturated heterocycles. The summed E-state index contributed by atoms with van der Waals surface area (Å²) in [6.07, 6.45) is 1.58. The lowest BCUT2D eigenvalue weighted by Crippen LogP contribution is -2.12. The van der Waals surface area contributed by atoms with Crippen LogP contribution in [-0.2, 0) is 0 Å². The quantitative estimate of drug-likeness (QED) is 0.508. The number of benzene rings is 1. The highest BCUT2D eigenvalue weighted by atomic mass is 35.5. The summed E-state index contributed by atoms with van der Waals surface area (Å²) < 4.78 is 0. The highest BCUT2D eigenvalue weighted by Gasteiger charge is 2.02. The summed E-state index contributed by atoms with van der Waals surface area (Å²) in [5.41, 5.74) is 7.06. The lowest BCUT2D eigenvalue weighted by Gasteiger charge is -2.02. The predicted molar refractivity (Wildman–Crippen MR) is 68.8 cm³/mol. The SMILES string of the molecule is NC(CCl)=Nc1cccc2cc(Cl)cnc12. The molecule has 0 aliphatic heterocycles. The summed E-state index contributed by atoms with van der Waals surface area (Å²) in [6.45, 7) is 0. The molecular formula is C11H9Cl2N3. The van der Waals surface area contributed by atoms with E-state index in [4.69, 9.17) is 28.9 Å². The van der Waals surface area contributed by atoms with Crippen molar-refractivity contribution in [1.82, 2.24) is 4.98 Å². The first kappa shape index (κ1) is 11.2. The Bertz CT molecular complexity index is 552. The van der Waals surface area contributed by atoms with Gasteiger partial charge in [-0.2, -0.15) is 0 Å². The van der Waals surface area contributed by atoms with Gasteiger partial charge in [0, 0.05) is 11.6 Å². The number of aliphatic imine (C=N–C) groups is 1. The third-order valence-corrected chi connectivity index (χ3v) is 2.54. The van der Waals surface area contributed by atoms with Crippen LogP contribution in [0.2, 0.25) is 5.02 Å². The molecule has 2 N–H and O–H groups in total. The Morgan fingerprint density at radius 1 is 1.44 bits per heavy atom. The van der Waals surface area contributed by atoms with Gasteiger partial charge in [-0.05, 0) is 12.1 Å². The fourth-order valence-electron chi connectivity index (χ4n) is 1.39. The van der Waals surface area contributed by atoms with Crippen molar-refractivity contribution in [3.8, 4) is 0 Å². The van der Waals surface area contributed by atoms with Gasteiger partial charge in [-0.3, -0.25) is 4.98 Å². The summed E-state index contributed by atoms with van der Waals surface area (Å²) in [7, 11) is 0. The van der Waals surface area contributed by atoms with E-state index in [2.05, 4.69) is 9.98 Å². The number of hydrogen-bond donors (Lipinski definition) is 1. The van der Waals surface area contributed by atoms with Gasteiger partial charge in [-0.1, -0.05) is 23.7 Å². The molecular weight excluding hydrogens is 245 g/mol. The van der Waals surface area contributed by atoms with Gasteiger partial charge in [-0.15, -0.1) is 11.6 Å². The highest BCUT2D eigenvalue weighted by molar-refractivity contribution is 6.31. The van der Waals surface area contributed by atoms with Crippen molar-refractivity contribution in [2.45, 2.75) is 0 Å². The van der Waals surface area contributed by atoms with Crippen LogP contribution < -0.4 is 5.73 Å². The van der Waals surface area contributed by atoms with E-state index in [0.717, 1.165) is 10.9 Å². The number of para-hydroxylation sites is 1. The zero-order chi connectivity index (χ0) is 11.5. The van der Waals surface area contributed by atoms with Crippen LogP contribution in [0.25, 0.3) is 10.9 Å². The molecule has 2 aromatic rings. The number of rotatable bonds is 2. The normalized spacial score (nSPS) is 12.0. The molecule has 0 amide bonds. The Balaban J connectivity index is 2.62. The Morgan fingerprint density at radius 3 is 3.00 bits per heavy atom. The van der Waals surface area contributed by atoms with Gasteiger partial charge in [0.15, 0.2) is 0 Å². The molecule has 0 aliphatic rings. The van der Waals surface area contributed by atoms with E-state index < -0.39 is 0 Å². The van der Waals surface area contributed by atoms with Crippen LogP contribution in [0.5, 0.6) is 0 Å². The molecule has 0 radical (unpaired) electrons. The lowest BCUT2D eigenvalue weighted by atomic mass is 10.2. The molecule has 0 spiro atoms. The second kappa shape index (κ2) is 4.68. The number of amidine groups is 1. The monoisotopic (exact) mass is 253 g/mol. The molecule has 82 valence electrons. The third kappa shape index (κ3) is 2.26. The average molecular weight is 254 g/mol. The molecule has 0 fully saturated rings. The van der Waals surface area contributed by atoms with Crippen LogP contribution in [0.4, 0.5) is 5.69 Å². The van der Waals surface area contributed by atoms with E-state index >= 15 is 0 Å². The first-order valence-electron chi connectivity index (χ1n) is 4.64. The Labute approximate surface area is 103 Å². The second-order valence-electron chi connectivity index (χ2n) is 3.24. The number of aromatic nitrogens is 1. The molecule has 2 rings (SSSR count). The number of hydrogen-bond acceptors (Lipinski definition) is 2. The minimum absolute atomic E-state index is 0.198. The van der Waals surface area contributed by atoms with Crippen molar-refractivity contribution >= 4 is 45.6 Å². The van der Waals surface area contributed by atoms with Crippen molar-refractivity contribution in [3.05, 3.63) is 35.5 Å². The van der Waals surface area contributed by atoms with E-state index in [-0.39, 0.29) is 5.88 Å². The van der Waals surface area contributed by atoms with Gasteiger partial charge in [-0.25, -0.2) is 4.99 Å². The second-order valence-corrected chi connectivity index (χ2v) is 3.94. The van der Waals surface area contributed by atoms with E-state index in [1.54, 1.807) is 6.20 Å². The molecule has 16 heavy (non-hydrogen) atoms. The van der Waals surface area contributed by atoms with Crippen molar-refractivity contribution in [2.24, 2.45) is 10.7 Å². The maximum absolute atomic E-state index is 5.86. The zero-order valence-corrected chi connectivity index (χ0v) is 9.83. The van der Waals surface area contributed by atoms with Gasteiger partial charge in [0.2, 0.25) is 0 Å². The number of alkyl halides is 1. The molecule has 0 saturated carbocycles. The van der Waals surface area contributed by atoms with Crippen LogP contribution in [0, 0.1) is 0 Å². The molecule has 0 atom stereocenters. The molecule has 1 heterocycles. The van der Waals surface area contributed by atoms with Gasteiger partial charge < -0.3 is 5.73 Å². The number of nitrogens with two attached hydrogens (primary N) is 1. The molecule has 1 aromatic carbocycles. The van der Waals surface area contributed by atoms with E-state index in [1.807, 2.05) is 24.3 Å². The molecule has 5 heteroatoms. The Morgan fingerprint density at radius 2 is 2.25 bits per heavy atom. The third-order valence-electron chi connectivity index (χ3n) is 2.06. The zero-order valence-electron chi connectivity index (χ0n) is 8.32. The maximum atomic E-state index is 5.86. The van der Waals surface area contributed by atoms with E-state index in [9.17, 15) is 0 Å². The van der Waals surface area contributed by atoms with E-state index in [0.29, 0.717) is 16.5 Å². The molecule has 0 bridgehead atoms. The Kier molecular flexibility index (Phi) is 3.27. The van der Waals surface area contributed by atoms with Crippen LogP contribution in [0.1, 0.15) is 0 Å². The summed E-state index contributed by atoms with van der Waals surface area (Å²) in [5, 5.41) is 1.52. The smallest absolute Gasteiger partial charge is 0.115 e. The van der Waals surface area contributed by atoms with Gasteiger partial charge in [0.1, 0.15) is 5.84 Å². The summed E-state index contributed by atoms with van der Waals surface area (Å²) in [5.74, 6) is 0.565. The summed E-state index contributed by atoms with van der Waals surface area (Å²) in [4.78, 5) is 8.42. The van der Waals surface area contributed by atoms with Crippen molar-refractivity contribution in [3.63, 3.8) is 0 Å². The van der Waals surface area contributed by atoms with Crippen LogP contribution in [-0.4, -0.2) is 16.7 Å². The summed E-state index contributed by atoms with van der Waals surface area (Å²) >= 11 is 11.4. The molecule has 0 unspecified atom stereocenters. The summed E-state index contributed by atoms with van der Waals surface area (Å²) in [6, 6.07) is 7.47. The predicted octanol–water partition coefficient (Wildman–Crippen LogP) is 3.12. The lowest BCUT2D eigenvalue weighted by molar-refractivity contribution is 1.38. The first-order valence-corrected chi connectivity index (χ1v) is 5.55.